The van der Waals surface area contributed by atoms with E-state index in [9.17, 15) is 18.3 Å². The Labute approximate surface area is 157 Å². The van der Waals surface area contributed by atoms with Gasteiger partial charge in [0.25, 0.3) is 5.91 Å². The topological polar surface area (TPSA) is 109 Å². The minimum absolute atomic E-state index is 0.127. The SMILES string of the molecule is NC(=O)C(O)c1cccc2c1CCCC2NS(=O)(=O)c1ccc(Cl)cc1. The molecule has 0 fully saturated rings. The van der Waals surface area contributed by atoms with Crippen molar-refractivity contribution >= 4 is 27.5 Å². The average molecular weight is 395 g/mol. The molecule has 0 aliphatic heterocycles. The molecule has 0 aromatic heterocycles. The molecule has 1 aliphatic rings. The molecule has 26 heavy (non-hydrogen) atoms. The van der Waals surface area contributed by atoms with Gasteiger partial charge >= 0.3 is 0 Å². The number of hydrogen-bond acceptors (Lipinski definition) is 4. The summed E-state index contributed by atoms with van der Waals surface area (Å²) in [5.74, 6) is -0.831. The minimum atomic E-state index is -3.73. The molecule has 0 heterocycles. The van der Waals surface area contributed by atoms with Crippen LogP contribution in [0.1, 0.15) is 41.7 Å². The number of sulfonamides is 1. The number of aliphatic hydroxyl groups is 1. The molecule has 138 valence electrons. The van der Waals surface area contributed by atoms with E-state index >= 15 is 0 Å². The largest absolute Gasteiger partial charge is 0.378 e. The lowest BCUT2D eigenvalue weighted by atomic mass is 9.84. The number of hydrogen-bond donors (Lipinski definition) is 3. The summed E-state index contributed by atoms with van der Waals surface area (Å²) in [6, 6.07) is 10.6. The lowest BCUT2D eigenvalue weighted by Crippen LogP contribution is -2.32. The van der Waals surface area contributed by atoms with Crippen molar-refractivity contribution in [3.63, 3.8) is 0 Å². The van der Waals surface area contributed by atoms with Gasteiger partial charge in [0.2, 0.25) is 10.0 Å². The second-order valence-electron chi connectivity index (χ2n) is 6.24. The molecule has 0 bridgehead atoms. The van der Waals surface area contributed by atoms with Crippen LogP contribution in [0.15, 0.2) is 47.4 Å². The van der Waals surface area contributed by atoms with E-state index in [-0.39, 0.29) is 4.90 Å². The second-order valence-corrected chi connectivity index (χ2v) is 8.39. The molecule has 1 aliphatic carbocycles. The summed E-state index contributed by atoms with van der Waals surface area (Å²) in [7, 11) is -3.73. The number of fused-ring (bicyclic) bond motifs is 1. The molecule has 2 aromatic rings. The number of nitrogens with two attached hydrogens (primary N) is 1. The Bertz CT molecular complexity index is 929. The average Bonchev–Trinajstić information content (AvgIpc) is 2.61. The highest BCUT2D eigenvalue weighted by atomic mass is 35.5. The van der Waals surface area contributed by atoms with Crippen LogP contribution in [0.25, 0.3) is 0 Å². The third kappa shape index (κ3) is 3.76. The van der Waals surface area contributed by atoms with E-state index in [0.29, 0.717) is 23.4 Å². The summed E-state index contributed by atoms with van der Waals surface area (Å²) >= 11 is 5.82. The van der Waals surface area contributed by atoms with Gasteiger partial charge in [-0.2, -0.15) is 0 Å². The van der Waals surface area contributed by atoms with Crippen molar-refractivity contribution in [3.8, 4) is 0 Å². The van der Waals surface area contributed by atoms with Crippen molar-refractivity contribution in [2.45, 2.75) is 36.3 Å². The number of halogens is 1. The number of carbonyl (C=O) groups excluding carboxylic acids is 1. The fourth-order valence-electron chi connectivity index (χ4n) is 3.28. The number of nitrogens with one attached hydrogen (secondary N) is 1. The smallest absolute Gasteiger partial charge is 0.250 e. The first kappa shape index (κ1) is 18.8. The Morgan fingerprint density at radius 3 is 2.58 bits per heavy atom. The molecule has 4 N–H and O–H groups in total. The van der Waals surface area contributed by atoms with Gasteiger partial charge in [-0.05, 0) is 60.2 Å². The first-order valence-electron chi connectivity index (χ1n) is 8.16. The van der Waals surface area contributed by atoms with Gasteiger partial charge < -0.3 is 10.8 Å². The fraction of sp³-hybridized carbons (Fsp3) is 0.278. The molecule has 2 aromatic carbocycles. The summed E-state index contributed by atoms with van der Waals surface area (Å²) in [6.07, 6.45) is 0.588. The minimum Gasteiger partial charge on any atom is -0.378 e. The monoisotopic (exact) mass is 394 g/mol. The van der Waals surface area contributed by atoms with Gasteiger partial charge in [0.05, 0.1) is 4.90 Å². The third-order valence-corrected chi connectivity index (χ3v) is 6.27. The van der Waals surface area contributed by atoms with Crippen molar-refractivity contribution in [2.75, 3.05) is 0 Å². The van der Waals surface area contributed by atoms with E-state index in [0.717, 1.165) is 17.5 Å². The van der Waals surface area contributed by atoms with Crippen LogP contribution >= 0.6 is 11.6 Å². The zero-order valence-corrected chi connectivity index (χ0v) is 15.4. The Balaban J connectivity index is 1.94. The van der Waals surface area contributed by atoms with Gasteiger partial charge in [-0.1, -0.05) is 29.8 Å². The summed E-state index contributed by atoms with van der Waals surface area (Å²) in [4.78, 5) is 11.5. The molecule has 0 spiro atoms. The predicted molar refractivity (Wildman–Crippen MR) is 98.0 cm³/mol. The molecular weight excluding hydrogens is 376 g/mol. The maximum absolute atomic E-state index is 12.7. The van der Waals surface area contributed by atoms with Crippen molar-refractivity contribution < 1.29 is 18.3 Å². The molecule has 6 nitrogen and oxygen atoms in total. The zero-order valence-electron chi connectivity index (χ0n) is 13.9. The van der Waals surface area contributed by atoms with Crippen LogP contribution in [-0.2, 0) is 21.2 Å². The van der Waals surface area contributed by atoms with Crippen LogP contribution in [0.4, 0.5) is 0 Å². The fourth-order valence-corrected chi connectivity index (χ4v) is 4.65. The normalized spacial score (nSPS) is 18.2. The number of amides is 1. The summed E-state index contributed by atoms with van der Waals surface area (Å²) in [5.41, 5.74) is 7.18. The molecule has 8 heteroatoms. The quantitative estimate of drug-likeness (QED) is 0.722. The number of carbonyl (C=O) groups is 1. The zero-order chi connectivity index (χ0) is 18.9. The maximum atomic E-state index is 12.7. The van der Waals surface area contributed by atoms with Crippen LogP contribution in [0, 0.1) is 0 Å². The predicted octanol–water partition coefficient (Wildman–Crippen LogP) is 2.21. The molecule has 0 radical (unpaired) electrons. The highest BCUT2D eigenvalue weighted by molar-refractivity contribution is 7.89. The molecule has 1 amide bonds. The number of aliphatic hydroxyl groups excluding tert-OH is 1. The molecular formula is C18H19ClN2O4S. The molecule has 3 rings (SSSR count). The van der Waals surface area contributed by atoms with Crippen LogP contribution in [-0.4, -0.2) is 19.4 Å². The van der Waals surface area contributed by atoms with E-state index in [4.69, 9.17) is 17.3 Å². The van der Waals surface area contributed by atoms with Gasteiger partial charge in [0.15, 0.2) is 6.10 Å². The number of primary amides is 1. The second kappa shape index (κ2) is 7.36. The first-order valence-corrected chi connectivity index (χ1v) is 10.0. The van der Waals surface area contributed by atoms with Crippen molar-refractivity contribution in [1.82, 2.24) is 4.72 Å². The number of rotatable bonds is 5. The summed E-state index contributed by atoms with van der Waals surface area (Å²) in [5, 5.41) is 10.5. The van der Waals surface area contributed by atoms with Crippen LogP contribution < -0.4 is 10.5 Å². The van der Waals surface area contributed by atoms with Crippen molar-refractivity contribution in [3.05, 3.63) is 64.2 Å². The Morgan fingerprint density at radius 2 is 1.92 bits per heavy atom. The van der Waals surface area contributed by atoms with Gasteiger partial charge in [0.1, 0.15) is 0 Å². The van der Waals surface area contributed by atoms with Gasteiger partial charge in [0, 0.05) is 11.1 Å². The molecule has 0 saturated carbocycles. The van der Waals surface area contributed by atoms with Gasteiger partial charge in [-0.25, -0.2) is 13.1 Å². The highest BCUT2D eigenvalue weighted by Crippen LogP contribution is 2.35. The van der Waals surface area contributed by atoms with Crippen LogP contribution in [0.3, 0.4) is 0 Å². The molecule has 2 unspecified atom stereocenters. The maximum Gasteiger partial charge on any atom is 0.250 e. The van der Waals surface area contributed by atoms with E-state index in [1.165, 1.54) is 24.3 Å². The van der Waals surface area contributed by atoms with Crippen LogP contribution in [0.2, 0.25) is 5.02 Å². The van der Waals surface area contributed by atoms with E-state index in [1.807, 2.05) is 0 Å². The summed E-state index contributed by atoms with van der Waals surface area (Å²) in [6.45, 7) is 0. The Morgan fingerprint density at radius 1 is 1.23 bits per heavy atom. The van der Waals surface area contributed by atoms with Gasteiger partial charge in [-0.15, -0.1) is 0 Å². The Kier molecular flexibility index (Phi) is 5.34. The third-order valence-electron chi connectivity index (χ3n) is 4.53. The lowest BCUT2D eigenvalue weighted by Gasteiger charge is -2.28. The molecule has 0 saturated heterocycles. The highest BCUT2D eigenvalue weighted by Gasteiger charge is 2.29. The Hall–Kier alpha value is -1.93. The first-order chi connectivity index (χ1) is 12.3. The standard InChI is InChI=1S/C18H19ClN2O4S/c19-11-7-9-12(10-8-11)26(24,25)21-16-6-2-3-13-14(16)4-1-5-15(13)17(22)18(20)23/h1,4-5,7-10,16-17,21-22H,2-3,6H2,(H2,20,23). The van der Waals surface area contributed by atoms with E-state index in [1.54, 1.807) is 18.2 Å². The summed E-state index contributed by atoms with van der Waals surface area (Å²) < 4.78 is 28.1. The van der Waals surface area contributed by atoms with Crippen molar-refractivity contribution in [1.29, 1.82) is 0 Å². The number of benzene rings is 2. The lowest BCUT2D eigenvalue weighted by molar-refractivity contribution is -0.126. The van der Waals surface area contributed by atoms with Gasteiger partial charge in [-0.3, -0.25) is 4.79 Å². The molecule has 2 atom stereocenters. The van der Waals surface area contributed by atoms with E-state index in [2.05, 4.69) is 4.72 Å². The van der Waals surface area contributed by atoms with Crippen LogP contribution in [0.5, 0.6) is 0 Å². The van der Waals surface area contributed by atoms with Crippen molar-refractivity contribution in [2.24, 2.45) is 5.73 Å². The van der Waals surface area contributed by atoms with E-state index < -0.39 is 28.1 Å².